The summed E-state index contributed by atoms with van der Waals surface area (Å²) in [6.07, 6.45) is 0.978. The van der Waals surface area contributed by atoms with Gasteiger partial charge in [0.15, 0.2) is 5.82 Å². The second kappa shape index (κ2) is 8.98. The number of hydrogen-bond acceptors (Lipinski definition) is 6. The molecule has 3 aromatic rings. The van der Waals surface area contributed by atoms with E-state index in [-0.39, 0.29) is 5.91 Å². The molecular weight excluding hydrogens is 358 g/mol. The Hall–Kier alpha value is -3.42. The lowest BCUT2D eigenvalue weighted by Crippen LogP contribution is -2.13. The fourth-order valence-corrected chi connectivity index (χ4v) is 2.69. The van der Waals surface area contributed by atoms with Crippen molar-refractivity contribution >= 4 is 11.6 Å². The molecule has 1 aromatic heterocycles. The van der Waals surface area contributed by atoms with Gasteiger partial charge in [-0.3, -0.25) is 4.79 Å². The molecule has 1 N–H and O–H groups in total. The van der Waals surface area contributed by atoms with Gasteiger partial charge < -0.3 is 14.8 Å². The van der Waals surface area contributed by atoms with Gasteiger partial charge in [-0.25, -0.2) is 0 Å². The summed E-state index contributed by atoms with van der Waals surface area (Å²) in [6, 6.07) is 13.0. The maximum atomic E-state index is 12.2. The molecule has 0 atom stereocenters. The van der Waals surface area contributed by atoms with Crippen molar-refractivity contribution in [3.63, 3.8) is 0 Å². The number of nitrogens with one attached hydrogen (secondary N) is 1. The average Bonchev–Trinajstić information content (AvgIpc) is 3.13. The maximum Gasteiger partial charge on any atom is 0.224 e. The lowest BCUT2D eigenvalue weighted by molar-refractivity contribution is -0.116. The molecule has 28 heavy (non-hydrogen) atoms. The fraction of sp³-hybridized carbons (Fsp3) is 0.300. The fourth-order valence-electron chi connectivity index (χ4n) is 2.69. The molecule has 0 fully saturated rings. The van der Waals surface area contributed by atoms with Crippen LogP contribution in [0.4, 0.5) is 5.69 Å². The van der Waals surface area contributed by atoms with Crippen molar-refractivity contribution in [2.45, 2.75) is 26.7 Å². The zero-order valence-electron chi connectivity index (χ0n) is 16.2. The number of ether oxygens (including phenoxy) is 2. The molecule has 0 aliphatic carbocycles. The van der Waals surface area contributed by atoms with E-state index < -0.39 is 0 Å². The highest BCUT2D eigenvalue weighted by Gasteiger charge is 2.09. The third-order valence-corrected chi connectivity index (χ3v) is 4.22. The van der Waals surface area contributed by atoms with Crippen LogP contribution in [0.1, 0.15) is 24.2 Å². The van der Waals surface area contributed by atoms with Crippen molar-refractivity contribution in [3.05, 3.63) is 53.9 Å². The Morgan fingerprint density at radius 2 is 1.86 bits per heavy atom. The number of carbonyl (C=O) groups excluding carboxylic acids is 1. The zero-order chi connectivity index (χ0) is 19.9. The molecule has 0 saturated heterocycles. The van der Waals surface area contributed by atoms with Gasteiger partial charge >= 0.3 is 0 Å². The number of carbonyl (C=O) groups is 1. The molecule has 0 unspecified atom stereocenters. The van der Waals surface area contributed by atoms with Crippen molar-refractivity contribution in [2.75, 3.05) is 19.0 Å². The normalized spacial score (nSPS) is 10.5. The summed E-state index contributed by atoms with van der Waals surface area (Å²) in [5.74, 6) is 2.14. The summed E-state index contributed by atoms with van der Waals surface area (Å²) >= 11 is 0. The highest BCUT2D eigenvalue weighted by atomic mass is 16.5. The first kappa shape index (κ1) is 19.3. The Labute approximate surface area is 163 Å². The van der Waals surface area contributed by atoms with Crippen molar-refractivity contribution in [1.82, 2.24) is 20.2 Å². The molecule has 0 bridgehead atoms. The second-order valence-electron chi connectivity index (χ2n) is 6.31. The number of anilines is 1. The number of hydrogen-bond donors (Lipinski definition) is 1. The molecule has 0 spiro atoms. The van der Waals surface area contributed by atoms with E-state index in [2.05, 4.69) is 20.8 Å². The molecule has 0 saturated carbocycles. The zero-order valence-corrected chi connectivity index (χ0v) is 16.2. The third-order valence-electron chi connectivity index (χ3n) is 4.22. The first-order chi connectivity index (χ1) is 13.6. The average molecular weight is 381 g/mol. The van der Waals surface area contributed by atoms with E-state index in [1.54, 1.807) is 11.8 Å². The van der Waals surface area contributed by atoms with Crippen LogP contribution in [-0.2, 0) is 4.79 Å². The Morgan fingerprint density at radius 1 is 1.11 bits per heavy atom. The smallest absolute Gasteiger partial charge is 0.224 e. The highest BCUT2D eigenvalue weighted by Crippen LogP contribution is 2.20. The SMILES string of the molecule is COc1ccc(OCCCC(=O)Nc2ccc(C)c(-n3nnnc3C)c2)cc1. The van der Waals surface area contributed by atoms with Crippen molar-refractivity contribution < 1.29 is 14.3 Å². The quantitative estimate of drug-likeness (QED) is 0.603. The first-order valence-corrected chi connectivity index (χ1v) is 8.99. The third kappa shape index (κ3) is 4.85. The van der Waals surface area contributed by atoms with E-state index in [1.807, 2.05) is 56.3 Å². The molecular formula is C20H23N5O3. The van der Waals surface area contributed by atoms with Crippen molar-refractivity contribution in [3.8, 4) is 17.2 Å². The lowest BCUT2D eigenvalue weighted by atomic mass is 10.1. The van der Waals surface area contributed by atoms with E-state index >= 15 is 0 Å². The molecule has 3 rings (SSSR count). The Morgan fingerprint density at radius 3 is 2.54 bits per heavy atom. The van der Waals surface area contributed by atoms with Gasteiger partial charge in [0.05, 0.1) is 19.4 Å². The number of aromatic nitrogens is 4. The summed E-state index contributed by atoms with van der Waals surface area (Å²) in [6.45, 7) is 4.26. The van der Waals surface area contributed by atoms with E-state index in [0.29, 0.717) is 31.0 Å². The minimum Gasteiger partial charge on any atom is -0.497 e. The van der Waals surface area contributed by atoms with E-state index in [4.69, 9.17) is 9.47 Å². The van der Waals surface area contributed by atoms with Crippen LogP contribution >= 0.6 is 0 Å². The van der Waals surface area contributed by atoms with Crippen molar-refractivity contribution in [1.29, 1.82) is 0 Å². The Bertz CT molecular complexity index is 937. The molecule has 0 radical (unpaired) electrons. The number of rotatable bonds is 8. The number of tetrazole rings is 1. The number of amides is 1. The van der Waals surface area contributed by atoms with E-state index in [9.17, 15) is 4.79 Å². The first-order valence-electron chi connectivity index (χ1n) is 8.99. The number of nitrogens with zero attached hydrogens (tertiary/aromatic N) is 4. The maximum absolute atomic E-state index is 12.2. The summed E-state index contributed by atoms with van der Waals surface area (Å²) in [5, 5.41) is 14.5. The molecule has 1 amide bonds. The molecule has 0 aliphatic heterocycles. The Kier molecular flexibility index (Phi) is 6.21. The summed E-state index contributed by atoms with van der Waals surface area (Å²) < 4.78 is 12.4. The van der Waals surface area contributed by atoms with Crippen LogP contribution in [0.5, 0.6) is 11.5 Å². The highest BCUT2D eigenvalue weighted by molar-refractivity contribution is 5.91. The van der Waals surface area contributed by atoms with Crippen LogP contribution in [-0.4, -0.2) is 39.8 Å². The number of methoxy groups -OCH3 is 1. The van der Waals surface area contributed by atoms with Gasteiger partial charge in [-0.05, 0) is 72.7 Å². The standard InChI is InChI=1S/C20H23N5O3/c1-14-6-7-16(13-19(14)25-15(2)22-23-24-25)21-20(26)5-4-12-28-18-10-8-17(27-3)9-11-18/h6-11,13H,4-5,12H2,1-3H3,(H,21,26). The topological polar surface area (TPSA) is 91.2 Å². The van der Waals surface area contributed by atoms with Crippen molar-refractivity contribution in [2.24, 2.45) is 0 Å². The molecule has 146 valence electrons. The molecule has 8 heteroatoms. The van der Waals surface area contributed by atoms with E-state index in [1.165, 1.54) is 0 Å². The predicted octanol–water partition coefficient (Wildman–Crippen LogP) is 3.09. The van der Waals surface area contributed by atoms with Gasteiger partial charge in [-0.1, -0.05) is 6.07 Å². The van der Waals surface area contributed by atoms with Crippen LogP contribution in [0.3, 0.4) is 0 Å². The molecule has 1 heterocycles. The summed E-state index contributed by atoms with van der Waals surface area (Å²) in [7, 11) is 1.62. The number of benzene rings is 2. The monoisotopic (exact) mass is 381 g/mol. The van der Waals surface area contributed by atoms with Crippen LogP contribution in [0.2, 0.25) is 0 Å². The minimum atomic E-state index is -0.0680. The van der Waals surface area contributed by atoms with Gasteiger partial charge in [0.2, 0.25) is 5.91 Å². The van der Waals surface area contributed by atoms with Gasteiger partial charge in [-0.15, -0.1) is 5.10 Å². The summed E-state index contributed by atoms with van der Waals surface area (Å²) in [5.41, 5.74) is 2.56. The van der Waals surface area contributed by atoms with Crippen LogP contribution in [0, 0.1) is 13.8 Å². The van der Waals surface area contributed by atoms with Crippen LogP contribution < -0.4 is 14.8 Å². The summed E-state index contributed by atoms with van der Waals surface area (Å²) in [4.78, 5) is 12.2. The van der Waals surface area contributed by atoms with Gasteiger partial charge in [0.1, 0.15) is 11.5 Å². The predicted molar refractivity (Wildman–Crippen MR) is 105 cm³/mol. The van der Waals surface area contributed by atoms with Crippen LogP contribution in [0.25, 0.3) is 5.69 Å². The number of aryl methyl sites for hydroxylation is 2. The van der Waals surface area contributed by atoms with Gasteiger partial charge in [0.25, 0.3) is 0 Å². The van der Waals surface area contributed by atoms with E-state index in [0.717, 1.165) is 22.7 Å². The minimum absolute atomic E-state index is 0.0680. The van der Waals surface area contributed by atoms with Gasteiger partial charge in [0, 0.05) is 12.1 Å². The molecule has 0 aliphatic rings. The second-order valence-corrected chi connectivity index (χ2v) is 6.31. The lowest BCUT2D eigenvalue weighted by Gasteiger charge is -2.11. The van der Waals surface area contributed by atoms with Crippen LogP contribution in [0.15, 0.2) is 42.5 Å². The van der Waals surface area contributed by atoms with Gasteiger partial charge in [-0.2, -0.15) is 4.68 Å². The molecule has 8 nitrogen and oxygen atoms in total. The Balaban J connectivity index is 1.50. The molecule has 2 aromatic carbocycles. The largest absolute Gasteiger partial charge is 0.497 e.